The lowest BCUT2D eigenvalue weighted by molar-refractivity contribution is -0.127. The van der Waals surface area contributed by atoms with Crippen molar-refractivity contribution >= 4 is 11.6 Å². The molecule has 142 valence electrons. The lowest BCUT2D eigenvalue weighted by Crippen LogP contribution is -2.48. The van der Waals surface area contributed by atoms with Gasteiger partial charge >= 0.3 is 0 Å². The van der Waals surface area contributed by atoms with Crippen LogP contribution in [0.1, 0.15) is 37.8 Å². The lowest BCUT2D eigenvalue weighted by Gasteiger charge is -2.33. The molecule has 3 aliphatic rings. The number of ether oxygens (including phenoxy) is 1. The average molecular weight is 357 g/mol. The minimum absolute atomic E-state index is 0.149. The highest BCUT2D eigenvalue weighted by Gasteiger charge is 2.36. The quantitative estimate of drug-likeness (QED) is 0.895. The van der Waals surface area contributed by atoms with Crippen molar-refractivity contribution in [2.45, 2.75) is 57.7 Å². The van der Waals surface area contributed by atoms with E-state index in [0.29, 0.717) is 12.6 Å². The number of hydrogen-bond donors (Lipinski definition) is 1. The van der Waals surface area contributed by atoms with Gasteiger partial charge in [-0.2, -0.15) is 0 Å². The molecule has 1 N–H and O–H groups in total. The molecule has 2 saturated heterocycles. The number of piperazine rings is 1. The predicted octanol–water partition coefficient (Wildman–Crippen LogP) is 1.98. The standard InChI is InChI=1S/C21H31N3O2/c1-15(23-9-7-22-8-10-23)12-17-5-6-19-18(14-17)13-16(2)24(19)21(25)20-4-3-11-26-20/h5-6,14-16,20,22H,3-4,7-13H2,1-2H3. The summed E-state index contributed by atoms with van der Waals surface area (Å²) in [6, 6.07) is 7.48. The van der Waals surface area contributed by atoms with Crippen molar-refractivity contribution in [2.24, 2.45) is 0 Å². The molecular weight excluding hydrogens is 326 g/mol. The molecule has 0 aromatic heterocycles. The molecule has 2 fully saturated rings. The zero-order valence-corrected chi connectivity index (χ0v) is 16.0. The number of amides is 1. The Kier molecular flexibility index (Phi) is 5.30. The van der Waals surface area contributed by atoms with Crippen LogP contribution in [0, 0.1) is 0 Å². The van der Waals surface area contributed by atoms with Crippen LogP contribution in [0.25, 0.3) is 0 Å². The number of nitrogens with zero attached hydrogens (tertiary/aromatic N) is 2. The van der Waals surface area contributed by atoms with Gasteiger partial charge in [0.2, 0.25) is 0 Å². The van der Waals surface area contributed by atoms with Gasteiger partial charge in [0.05, 0.1) is 0 Å². The second-order valence-electron chi connectivity index (χ2n) is 8.07. The molecule has 3 aliphatic heterocycles. The van der Waals surface area contributed by atoms with E-state index in [1.54, 1.807) is 0 Å². The fourth-order valence-corrected chi connectivity index (χ4v) is 4.67. The minimum atomic E-state index is -0.240. The van der Waals surface area contributed by atoms with E-state index in [0.717, 1.165) is 57.5 Å². The highest BCUT2D eigenvalue weighted by atomic mass is 16.5. The van der Waals surface area contributed by atoms with Crippen molar-refractivity contribution in [3.05, 3.63) is 29.3 Å². The van der Waals surface area contributed by atoms with Crippen LogP contribution in [0.15, 0.2) is 18.2 Å². The third-order valence-electron chi connectivity index (χ3n) is 6.11. The third kappa shape index (κ3) is 3.53. The first-order chi connectivity index (χ1) is 12.6. The van der Waals surface area contributed by atoms with Crippen LogP contribution < -0.4 is 10.2 Å². The second kappa shape index (κ2) is 7.67. The second-order valence-corrected chi connectivity index (χ2v) is 8.07. The SMILES string of the molecule is CC(Cc1ccc2c(c1)CC(C)N2C(=O)C1CCCO1)N1CCNCC1. The Morgan fingerprint density at radius 1 is 1.35 bits per heavy atom. The summed E-state index contributed by atoms with van der Waals surface area (Å²) in [7, 11) is 0. The number of nitrogens with one attached hydrogen (secondary N) is 1. The molecule has 3 atom stereocenters. The van der Waals surface area contributed by atoms with Crippen molar-refractivity contribution in [1.29, 1.82) is 0 Å². The molecule has 5 heteroatoms. The third-order valence-corrected chi connectivity index (χ3v) is 6.11. The molecular formula is C21H31N3O2. The normalized spacial score (nSPS) is 27.5. The number of carbonyl (C=O) groups excluding carboxylic acids is 1. The molecule has 1 aromatic rings. The van der Waals surface area contributed by atoms with E-state index in [4.69, 9.17) is 4.74 Å². The summed E-state index contributed by atoms with van der Waals surface area (Å²) in [4.78, 5) is 17.4. The molecule has 3 unspecified atom stereocenters. The molecule has 26 heavy (non-hydrogen) atoms. The fourth-order valence-electron chi connectivity index (χ4n) is 4.67. The van der Waals surface area contributed by atoms with Crippen molar-refractivity contribution in [3.8, 4) is 0 Å². The number of benzene rings is 1. The van der Waals surface area contributed by atoms with Gasteiger partial charge in [0.1, 0.15) is 6.10 Å². The van der Waals surface area contributed by atoms with Crippen molar-refractivity contribution in [2.75, 3.05) is 37.7 Å². The summed E-state index contributed by atoms with van der Waals surface area (Å²) in [5.41, 5.74) is 3.79. The number of carbonyl (C=O) groups is 1. The largest absolute Gasteiger partial charge is 0.368 e. The molecule has 0 bridgehead atoms. The van der Waals surface area contributed by atoms with Gasteiger partial charge in [-0.3, -0.25) is 9.69 Å². The molecule has 5 nitrogen and oxygen atoms in total. The molecule has 3 heterocycles. The van der Waals surface area contributed by atoms with E-state index in [-0.39, 0.29) is 18.1 Å². The van der Waals surface area contributed by atoms with E-state index in [1.807, 2.05) is 4.90 Å². The first kappa shape index (κ1) is 18.0. The lowest BCUT2D eigenvalue weighted by atomic mass is 10.0. The summed E-state index contributed by atoms with van der Waals surface area (Å²) in [6.45, 7) is 9.64. The summed E-state index contributed by atoms with van der Waals surface area (Å²) in [6.07, 6.45) is 3.63. The van der Waals surface area contributed by atoms with Gasteiger partial charge in [0, 0.05) is 50.6 Å². The van der Waals surface area contributed by atoms with Gasteiger partial charge in [-0.1, -0.05) is 12.1 Å². The highest BCUT2D eigenvalue weighted by molar-refractivity contribution is 5.99. The maximum Gasteiger partial charge on any atom is 0.256 e. The van der Waals surface area contributed by atoms with Crippen LogP contribution in [0.5, 0.6) is 0 Å². The number of anilines is 1. The first-order valence-electron chi connectivity index (χ1n) is 10.1. The topological polar surface area (TPSA) is 44.8 Å². The van der Waals surface area contributed by atoms with Crippen LogP contribution in [0.4, 0.5) is 5.69 Å². The van der Waals surface area contributed by atoms with Crippen LogP contribution in [-0.2, 0) is 22.4 Å². The minimum Gasteiger partial charge on any atom is -0.368 e. The van der Waals surface area contributed by atoms with Gasteiger partial charge in [0.25, 0.3) is 5.91 Å². The van der Waals surface area contributed by atoms with E-state index >= 15 is 0 Å². The van der Waals surface area contributed by atoms with Crippen LogP contribution >= 0.6 is 0 Å². The molecule has 0 spiro atoms. The molecule has 0 aliphatic carbocycles. The molecule has 1 amide bonds. The first-order valence-corrected chi connectivity index (χ1v) is 10.1. The van der Waals surface area contributed by atoms with Gasteiger partial charge in [-0.25, -0.2) is 0 Å². The maximum absolute atomic E-state index is 12.9. The smallest absolute Gasteiger partial charge is 0.256 e. The molecule has 0 saturated carbocycles. The fraction of sp³-hybridized carbons (Fsp3) is 0.667. The number of hydrogen-bond acceptors (Lipinski definition) is 4. The summed E-state index contributed by atoms with van der Waals surface area (Å²) >= 11 is 0. The summed E-state index contributed by atoms with van der Waals surface area (Å²) < 4.78 is 5.63. The van der Waals surface area contributed by atoms with Crippen LogP contribution in [0.2, 0.25) is 0 Å². The summed E-state index contributed by atoms with van der Waals surface area (Å²) in [5.74, 6) is 0.149. The van der Waals surface area contributed by atoms with Crippen molar-refractivity contribution < 1.29 is 9.53 Å². The van der Waals surface area contributed by atoms with Crippen LogP contribution in [-0.4, -0.2) is 61.8 Å². The molecule has 4 rings (SSSR count). The zero-order chi connectivity index (χ0) is 18.1. The number of fused-ring (bicyclic) bond motifs is 1. The van der Waals surface area contributed by atoms with E-state index < -0.39 is 0 Å². The Morgan fingerprint density at radius 3 is 2.88 bits per heavy atom. The predicted molar refractivity (Wildman–Crippen MR) is 104 cm³/mol. The Labute approximate surface area is 156 Å². The Hall–Kier alpha value is -1.43. The monoisotopic (exact) mass is 357 g/mol. The molecule has 1 aromatic carbocycles. The Balaban J connectivity index is 1.47. The van der Waals surface area contributed by atoms with E-state index in [9.17, 15) is 4.79 Å². The Morgan fingerprint density at radius 2 is 2.15 bits per heavy atom. The maximum atomic E-state index is 12.9. The van der Waals surface area contributed by atoms with Gasteiger partial charge in [-0.05, 0) is 56.7 Å². The molecule has 0 radical (unpaired) electrons. The average Bonchev–Trinajstić information content (AvgIpc) is 3.29. The van der Waals surface area contributed by atoms with E-state index in [2.05, 4.69) is 42.3 Å². The summed E-state index contributed by atoms with van der Waals surface area (Å²) in [5, 5.41) is 3.42. The van der Waals surface area contributed by atoms with Gasteiger partial charge in [0.15, 0.2) is 0 Å². The van der Waals surface area contributed by atoms with Gasteiger partial charge < -0.3 is 15.0 Å². The highest BCUT2D eigenvalue weighted by Crippen LogP contribution is 2.35. The van der Waals surface area contributed by atoms with Crippen molar-refractivity contribution in [1.82, 2.24) is 10.2 Å². The van der Waals surface area contributed by atoms with E-state index in [1.165, 1.54) is 11.1 Å². The van der Waals surface area contributed by atoms with Crippen molar-refractivity contribution in [3.63, 3.8) is 0 Å². The van der Waals surface area contributed by atoms with Crippen LogP contribution in [0.3, 0.4) is 0 Å². The number of rotatable bonds is 4. The zero-order valence-electron chi connectivity index (χ0n) is 16.0. The van der Waals surface area contributed by atoms with Gasteiger partial charge in [-0.15, -0.1) is 0 Å². The Bertz CT molecular complexity index is 651.